The Hall–Kier alpha value is -2.31. The Bertz CT molecular complexity index is 309. The van der Waals surface area contributed by atoms with Gasteiger partial charge >= 0.3 is 11.9 Å². The maximum Gasteiger partial charge on any atom is 0.371 e. The molecule has 7 heteroatoms. The van der Waals surface area contributed by atoms with Crippen molar-refractivity contribution in [2.45, 2.75) is 0 Å². The van der Waals surface area contributed by atoms with Crippen LogP contribution in [0.2, 0.25) is 0 Å². The molecule has 0 unspecified atom stereocenters. The average Bonchev–Trinajstić information content (AvgIpc) is 2.53. The van der Waals surface area contributed by atoms with Gasteiger partial charge in [0, 0.05) is 0 Å². The van der Waals surface area contributed by atoms with Crippen molar-refractivity contribution in [3.63, 3.8) is 0 Å². The first-order valence-electron chi connectivity index (χ1n) is 3.17. The third-order valence-corrected chi connectivity index (χ3v) is 1.03. The Balaban J connectivity index is 0.000000500. The minimum absolute atomic E-state index is 0.250. The van der Waals surface area contributed by atoms with Crippen LogP contribution in [0.5, 0.6) is 0 Å². The summed E-state index contributed by atoms with van der Waals surface area (Å²) < 4.78 is 4.41. The molecule has 7 nitrogen and oxygen atoms in total. The third-order valence-electron chi connectivity index (χ3n) is 1.03. The van der Waals surface area contributed by atoms with E-state index in [0.717, 1.165) is 12.1 Å². The lowest BCUT2D eigenvalue weighted by molar-refractivity contribution is -0.122. The molecule has 0 bridgehead atoms. The topological polar surface area (TPSA) is 125 Å². The fourth-order valence-corrected chi connectivity index (χ4v) is 0.568. The van der Waals surface area contributed by atoms with Crippen LogP contribution >= 0.6 is 0 Å². The molecule has 0 saturated heterocycles. The summed E-state index contributed by atoms with van der Waals surface area (Å²) in [5.74, 6) is -3.31. The highest BCUT2D eigenvalue weighted by Gasteiger charge is 2.12. The Morgan fingerprint density at radius 2 is 1.43 bits per heavy atom. The number of hydrogen-bond donors (Lipinski definition) is 3. The minimum atomic E-state index is -1.28. The Morgan fingerprint density at radius 1 is 1.14 bits per heavy atom. The van der Waals surface area contributed by atoms with Gasteiger partial charge in [0.1, 0.15) is 0 Å². The minimum Gasteiger partial charge on any atom is -0.483 e. The smallest absolute Gasteiger partial charge is 0.371 e. The van der Waals surface area contributed by atoms with Crippen LogP contribution in [-0.2, 0) is 4.79 Å². The second-order valence-electron chi connectivity index (χ2n) is 1.88. The zero-order chi connectivity index (χ0) is 11.1. The molecule has 0 aliphatic heterocycles. The molecule has 1 aromatic heterocycles. The highest BCUT2D eigenvalue weighted by atomic mass is 16.4. The highest BCUT2D eigenvalue weighted by Crippen LogP contribution is 2.06. The molecule has 76 valence electrons. The van der Waals surface area contributed by atoms with Crippen molar-refractivity contribution in [3.8, 4) is 0 Å². The van der Waals surface area contributed by atoms with Crippen LogP contribution < -0.4 is 0 Å². The fraction of sp³-hybridized carbons (Fsp3) is 0. The van der Waals surface area contributed by atoms with E-state index in [1.165, 1.54) is 0 Å². The van der Waals surface area contributed by atoms with Crippen LogP contribution in [-0.4, -0.2) is 33.7 Å². The van der Waals surface area contributed by atoms with Gasteiger partial charge in [-0.2, -0.15) is 0 Å². The molecule has 14 heavy (non-hydrogen) atoms. The second-order valence-corrected chi connectivity index (χ2v) is 1.88. The van der Waals surface area contributed by atoms with E-state index in [-0.39, 0.29) is 18.0 Å². The number of furan rings is 1. The fourth-order valence-electron chi connectivity index (χ4n) is 0.568. The molecular formula is C7H6O7. The van der Waals surface area contributed by atoms with Gasteiger partial charge < -0.3 is 19.7 Å². The number of carboxylic acids is 2. The summed E-state index contributed by atoms with van der Waals surface area (Å²) in [7, 11) is 0. The van der Waals surface area contributed by atoms with Crippen LogP contribution in [0.15, 0.2) is 16.5 Å². The molecule has 1 heterocycles. The zero-order valence-corrected chi connectivity index (χ0v) is 6.71. The summed E-state index contributed by atoms with van der Waals surface area (Å²) >= 11 is 0. The Kier molecular flexibility index (Phi) is 4.47. The van der Waals surface area contributed by atoms with E-state index in [4.69, 9.17) is 20.1 Å². The molecule has 3 N–H and O–H groups in total. The zero-order valence-electron chi connectivity index (χ0n) is 6.71. The molecule has 0 aromatic carbocycles. The molecule has 0 aliphatic carbocycles. The van der Waals surface area contributed by atoms with Gasteiger partial charge in [-0.05, 0) is 12.1 Å². The molecule has 0 amide bonds. The summed E-state index contributed by atoms with van der Waals surface area (Å²) in [5.41, 5.74) is 0. The van der Waals surface area contributed by atoms with Gasteiger partial charge in [-0.1, -0.05) is 0 Å². The molecular weight excluding hydrogens is 196 g/mol. The van der Waals surface area contributed by atoms with Gasteiger partial charge in [-0.25, -0.2) is 9.59 Å². The molecule has 1 aromatic rings. The maximum atomic E-state index is 10.2. The first-order valence-corrected chi connectivity index (χ1v) is 3.17. The molecule has 0 aliphatic rings. The SMILES string of the molecule is O=C(O)c1ccc(C(=O)O)o1.O=CO. The van der Waals surface area contributed by atoms with E-state index in [1.54, 1.807) is 0 Å². The molecule has 0 fully saturated rings. The van der Waals surface area contributed by atoms with Crippen molar-refractivity contribution >= 4 is 18.4 Å². The Morgan fingerprint density at radius 3 is 1.57 bits per heavy atom. The normalized spacial score (nSPS) is 8.29. The van der Waals surface area contributed by atoms with Gasteiger partial charge in [-0.15, -0.1) is 0 Å². The maximum absolute atomic E-state index is 10.2. The number of rotatable bonds is 2. The number of aromatic carboxylic acids is 2. The van der Waals surface area contributed by atoms with Crippen LogP contribution in [0.25, 0.3) is 0 Å². The van der Waals surface area contributed by atoms with Crippen molar-refractivity contribution in [1.29, 1.82) is 0 Å². The van der Waals surface area contributed by atoms with E-state index >= 15 is 0 Å². The molecule has 0 radical (unpaired) electrons. The molecule has 0 atom stereocenters. The molecule has 0 spiro atoms. The number of hydrogen-bond acceptors (Lipinski definition) is 4. The lowest BCUT2D eigenvalue weighted by Gasteiger charge is -1.84. The lowest BCUT2D eigenvalue weighted by atomic mass is 10.4. The van der Waals surface area contributed by atoms with Crippen LogP contribution in [0.1, 0.15) is 21.1 Å². The van der Waals surface area contributed by atoms with Crippen molar-refractivity contribution < 1.29 is 34.1 Å². The predicted molar refractivity (Wildman–Crippen MR) is 41.3 cm³/mol. The van der Waals surface area contributed by atoms with Crippen molar-refractivity contribution in [2.24, 2.45) is 0 Å². The van der Waals surface area contributed by atoms with Crippen LogP contribution in [0.3, 0.4) is 0 Å². The van der Waals surface area contributed by atoms with Crippen LogP contribution in [0, 0.1) is 0 Å². The largest absolute Gasteiger partial charge is 0.483 e. The number of carboxylic acid groups (broad SMARTS) is 3. The first-order chi connectivity index (χ1) is 6.52. The van der Waals surface area contributed by atoms with Gasteiger partial charge in [0.05, 0.1) is 0 Å². The van der Waals surface area contributed by atoms with Gasteiger partial charge in [0.2, 0.25) is 11.5 Å². The quantitative estimate of drug-likeness (QED) is 0.591. The van der Waals surface area contributed by atoms with Gasteiger partial charge in [-0.3, -0.25) is 4.79 Å². The van der Waals surface area contributed by atoms with E-state index < -0.39 is 11.9 Å². The van der Waals surface area contributed by atoms with E-state index in [1.807, 2.05) is 0 Å². The standard InChI is InChI=1S/C6H4O5.CH2O2/c7-5(8)3-1-2-4(11-3)6(9)10;2-1-3/h1-2H,(H,7,8)(H,9,10);1H,(H,2,3). The van der Waals surface area contributed by atoms with E-state index in [0.29, 0.717) is 0 Å². The van der Waals surface area contributed by atoms with E-state index in [9.17, 15) is 9.59 Å². The van der Waals surface area contributed by atoms with Crippen molar-refractivity contribution in [2.75, 3.05) is 0 Å². The summed E-state index contributed by atoms with van der Waals surface area (Å²) in [5, 5.41) is 23.5. The first kappa shape index (κ1) is 11.7. The summed E-state index contributed by atoms with van der Waals surface area (Å²) in [6.45, 7) is -0.250. The monoisotopic (exact) mass is 202 g/mol. The third kappa shape index (κ3) is 3.39. The predicted octanol–water partition coefficient (Wildman–Crippen LogP) is 0.377. The van der Waals surface area contributed by atoms with Crippen molar-refractivity contribution in [3.05, 3.63) is 23.7 Å². The highest BCUT2D eigenvalue weighted by molar-refractivity contribution is 5.88. The van der Waals surface area contributed by atoms with Gasteiger partial charge in [0.25, 0.3) is 6.47 Å². The lowest BCUT2D eigenvalue weighted by Crippen LogP contribution is -1.94. The van der Waals surface area contributed by atoms with E-state index in [2.05, 4.69) is 4.42 Å². The van der Waals surface area contributed by atoms with Crippen LogP contribution in [0.4, 0.5) is 0 Å². The molecule has 0 saturated carbocycles. The Labute approximate surface area is 77.2 Å². The average molecular weight is 202 g/mol. The van der Waals surface area contributed by atoms with Gasteiger partial charge in [0.15, 0.2) is 0 Å². The number of carbonyl (C=O) groups is 3. The summed E-state index contributed by atoms with van der Waals surface area (Å²) in [4.78, 5) is 28.7. The summed E-state index contributed by atoms with van der Waals surface area (Å²) in [6, 6.07) is 2.18. The second kappa shape index (κ2) is 5.36. The van der Waals surface area contributed by atoms with Crippen molar-refractivity contribution in [1.82, 2.24) is 0 Å². The molecule has 1 rings (SSSR count). The summed E-state index contributed by atoms with van der Waals surface area (Å²) in [6.07, 6.45) is 0.